The van der Waals surface area contributed by atoms with Crippen LogP contribution in [0.3, 0.4) is 0 Å². The Bertz CT molecular complexity index is 950. The van der Waals surface area contributed by atoms with E-state index in [4.69, 9.17) is 18.8 Å². The molecule has 2 rings (SSSR count). The van der Waals surface area contributed by atoms with E-state index in [9.17, 15) is 9.46 Å². The molecule has 0 aromatic heterocycles. The average Bonchev–Trinajstić information content (AvgIpc) is 2.96. The molecule has 7 heteroatoms. The highest BCUT2D eigenvalue weighted by molar-refractivity contribution is 7.47. The molecule has 0 saturated carbocycles. The lowest BCUT2D eigenvalue weighted by Crippen LogP contribution is -2.06. The summed E-state index contributed by atoms with van der Waals surface area (Å²) in [4.78, 5) is 15.5. The standard InChI is InChI=1S/C33H55O6P/c1-3-5-6-7-8-9-10-11-12-13-14-15-16-17-18-19-20-24-31-27-26-30-23-21-22-25-32(30)33(31)38-39-40(34,35)37-29-28-36-4-2/h21-23,25-27H,3-20,24,28-29H2,1-2H3,(H,34,35). The van der Waals surface area contributed by atoms with Crippen molar-refractivity contribution in [3.63, 3.8) is 0 Å². The summed E-state index contributed by atoms with van der Waals surface area (Å²) < 4.78 is 27.2. The number of phosphoric ester groups is 1. The lowest BCUT2D eigenvalue weighted by molar-refractivity contribution is -0.128. The molecule has 6 nitrogen and oxygen atoms in total. The van der Waals surface area contributed by atoms with Crippen LogP contribution in [-0.4, -0.2) is 24.7 Å². The van der Waals surface area contributed by atoms with Crippen LogP contribution in [0.15, 0.2) is 36.4 Å². The first kappa shape index (κ1) is 34.8. The molecule has 0 fully saturated rings. The molecule has 0 bridgehead atoms. The van der Waals surface area contributed by atoms with Crippen LogP contribution in [0.4, 0.5) is 0 Å². The second kappa shape index (κ2) is 22.2. The van der Waals surface area contributed by atoms with E-state index in [1.54, 1.807) is 0 Å². The summed E-state index contributed by atoms with van der Waals surface area (Å²) in [6.07, 6.45) is 23.7. The van der Waals surface area contributed by atoms with Crippen LogP contribution in [0.25, 0.3) is 10.8 Å². The van der Waals surface area contributed by atoms with Crippen LogP contribution in [0, 0.1) is 0 Å². The zero-order valence-electron chi connectivity index (χ0n) is 25.2. The Hall–Kier alpha value is -1.43. The Morgan fingerprint density at radius 1 is 0.675 bits per heavy atom. The van der Waals surface area contributed by atoms with E-state index in [1.807, 2.05) is 37.3 Å². The maximum absolute atomic E-state index is 12.3. The Morgan fingerprint density at radius 3 is 1.80 bits per heavy atom. The van der Waals surface area contributed by atoms with Gasteiger partial charge in [-0.05, 0) is 30.7 Å². The summed E-state index contributed by atoms with van der Waals surface area (Å²) in [5.41, 5.74) is 0.967. The van der Waals surface area contributed by atoms with Crippen LogP contribution >= 0.6 is 7.82 Å². The van der Waals surface area contributed by atoms with Gasteiger partial charge in [-0.2, -0.15) is 0 Å². The maximum atomic E-state index is 12.3. The number of phosphoric acid groups is 1. The van der Waals surface area contributed by atoms with E-state index in [-0.39, 0.29) is 13.2 Å². The molecule has 0 saturated heterocycles. The summed E-state index contributed by atoms with van der Waals surface area (Å²) in [7, 11) is -4.36. The molecule has 40 heavy (non-hydrogen) atoms. The van der Waals surface area contributed by atoms with Crippen LogP contribution < -0.4 is 4.89 Å². The summed E-state index contributed by atoms with van der Waals surface area (Å²) in [5.74, 6) is 0.484. The van der Waals surface area contributed by atoms with Gasteiger partial charge < -0.3 is 14.5 Å². The van der Waals surface area contributed by atoms with Gasteiger partial charge in [0.15, 0.2) is 5.75 Å². The van der Waals surface area contributed by atoms with Gasteiger partial charge in [-0.15, -0.1) is 0 Å². The number of unbranched alkanes of at least 4 members (excludes halogenated alkanes) is 16. The summed E-state index contributed by atoms with van der Waals surface area (Å²) in [5, 5.41) is 1.83. The molecular weight excluding hydrogens is 523 g/mol. The number of rotatable bonds is 26. The zero-order valence-corrected chi connectivity index (χ0v) is 26.1. The van der Waals surface area contributed by atoms with Gasteiger partial charge in [0.1, 0.15) is 0 Å². The van der Waals surface area contributed by atoms with Crippen molar-refractivity contribution in [3.8, 4) is 5.75 Å². The molecule has 1 unspecified atom stereocenters. The van der Waals surface area contributed by atoms with Gasteiger partial charge in [-0.25, -0.2) is 4.57 Å². The monoisotopic (exact) mass is 578 g/mol. The Balaban J connectivity index is 1.62. The highest BCUT2D eigenvalue weighted by atomic mass is 31.2. The fourth-order valence-electron chi connectivity index (χ4n) is 5.09. The van der Waals surface area contributed by atoms with Gasteiger partial charge in [-0.3, -0.25) is 4.52 Å². The zero-order chi connectivity index (χ0) is 28.7. The smallest absolute Gasteiger partial charge is 0.379 e. The van der Waals surface area contributed by atoms with Crippen molar-refractivity contribution in [3.05, 3.63) is 42.0 Å². The first-order valence-corrected chi connectivity index (χ1v) is 17.5. The molecular formula is C33H55O6P. The minimum atomic E-state index is -4.36. The van der Waals surface area contributed by atoms with E-state index in [2.05, 4.69) is 13.0 Å². The van der Waals surface area contributed by atoms with Crippen LogP contribution in [-0.2, 0) is 24.9 Å². The molecule has 228 valence electrons. The molecule has 0 aliphatic rings. The number of aryl methyl sites for hydroxylation is 1. The highest BCUT2D eigenvalue weighted by Crippen LogP contribution is 2.44. The first-order chi connectivity index (χ1) is 19.6. The number of ether oxygens (including phenoxy) is 1. The van der Waals surface area contributed by atoms with Gasteiger partial charge in [-0.1, -0.05) is 151 Å². The fraction of sp³-hybridized carbons (Fsp3) is 0.697. The summed E-state index contributed by atoms with van der Waals surface area (Å²) in [6.45, 7) is 4.80. The Labute approximate surface area is 243 Å². The Kier molecular flexibility index (Phi) is 19.3. The SMILES string of the molecule is CCCCCCCCCCCCCCCCCCCc1ccc2ccccc2c1OOP(=O)(O)OCCOCC. The number of hydrogen-bond acceptors (Lipinski definition) is 5. The van der Waals surface area contributed by atoms with Crippen molar-refractivity contribution in [2.45, 2.75) is 129 Å². The molecule has 0 aliphatic heterocycles. The van der Waals surface area contributed by atoms with Crippen LogP contribution in [0.1, 0.15) is 129 Å². The van der Waals surface area contributed by atoms with Gasteiger partial charge in [0, 0.05) is 12.0 Å². The molecule has 2 aromatic rings. The van der Waals surface area contributed by atoms with E-state index >= 15 is 0 Å². The van der Waals surface area contributed by atoms with E-state index in [0.29, 0.717) is 12.4 Å². The second-order valence-electron chi connectivity index (χ2n) is 10.8. The molecule has 0 heterocycles. The van der Waals surface area contributed by atoms with Crippen LogP contribution in [0.2, 0.25) is 0 Å². The quantitative estimate of drug-likeness (QED) is 0.0518. The average molecular weight is 579 g/mol. The molecule has 0 radical (unpaired) electrons. The third-order valence-electron chi connectivity index (χ3n) is 7.41. The van der Waals surface area contributed by atoms with Crippen molar-refractivity contribution in [1.29, 1.82) is 0 Å². The molecule has 0 aliphatic carbocycles. The second-order valence-corrected chi connectivity index (χ2v) is 12.2. The molecule has 1 atom stereocenters. The molecule has 2 aromatic carbocycles. The molecule has 1 N–H and O–H groups in total. The lowest BCUT2D eigenvalue weighted by atomic mass is 10.00. The van der Waals surface area contributed by atoms with E-state index < -0.39 is 7.82 Å². The van der Waals surface area contributed by atoms with Gasteiger partial charge in [0.05, 0.1) is 13.2 Å². The van der Waals surface area contributed by atoms with Crippen molar-refractivity contribution in [1.82, 2.24) is 0 Å². The third kappa shape index (κ3) is 15.5. The van der Waals surface area contributed by atoms with E-state index in [0.717, 1.165) is 35.6 Å². The van der Waals surface area contributed by atoms with Crippen molar-refractivity contribution < 1.29 is 28.3 Å². The van der Waals surface area contributed by atoms with Crippen molar-refractivity contribution >= 4 is 18.6 Å². The number of hydrogen-bond donors (Lipinski definition) is 1. The third-order valence-corrected chi connectivity index (χ3v) is 8.18. The summed E-state index contributed by atoms with van der Waals surface area (Å²) in [6, 6.07) is 11.9. The van der Waals surface area contributed by atoms with Crippen molar-refractivity contribution in [2.24, 2.45) is 0 Å². The number of benzene rings is 2. The molecule has 0 spiro atoms. The molecule has 0 amide bonds. The van der Waals surface area contributed by atoms with Crippen LogP contribution in [0.5, 0.6) is 5.75 Å². The lowest BCUT2D eigenvalue weighted by Gasteiger charge is -2.15. The van der Waals surface area contributed by atoms with Gasteiger partial charge in [0.25, 0.3) is 0 Å². The topological polar surface area (TPSA) is 74.2 Å². The van der Waals surface area contributed by atoms with Gasteiger partial charge >= 0.3 is 7.82 Å². The largest absolute Gasteiger partial charge is 0.508 e. The van der Waals surface area contributed by atoms with E-state index in [1.165, 1.54) is 96.3 Å². The highest BCUT2D eigenvalue weighted by Gasteiger charge is 2.25. The summed E-state index contributed by atoms with van der Waals surface area (Å²) >= 11 is 0. The minimum Gasteiger partial charge on any atom is -0.379 e. The predicted molar refractivity (Wildman–Crippen MR) is 166 cm³/mol. The maximum Gasteiger partial charge on any atom is 0.508 e. The number of fused-ring (bicyclic) bond motifs is 1. The fourth-order valence-corrected chi connectivity index (χ4v) is 5.60. The predicted octanol–water partition coefficient (Wildman–Crippen LogP) is 10.5. The first-order valence-electron chi connectivity index (χ1n) is 16.0. The minimum absolute atomic E-state index is 0.0490. The Morgan fingerprint density at radius 2 is 1.23 bits per heavy atom. The van der Waals surface area contributed by atoms with Crippen molar-refractivity contribution in [2.75, 3.05) is 19.8 Å². The van der Waals surface area contributed by atoms with Gasteiger partial charge in [0.2, 0.25) is 0 Å². The normalized spacial score (nSPS) is 13.1.